The van der Waals surface area contributed by atoms with Crippen molar-refractivity contribution in [3.8, 4) is 0 Å². The average molecular weight is 280 g/mol. The molecule has 0 bridgehead atoms. The zero-order chi connectivity index (χ0) is 13.8. The summed E-state index contributed by atoms with van der Waals surface area (Å²) in [4.78, 5) is 3.57. The second-order valence-electron chi connectivity index (χ2n) is 4.61. The Kier molecular flexibility index (Phi) is 4.91. The van der Waals surface area contributed by atoms with E-state index in [9.17, 15) is 4.39 Å². The quantitative estimate of drug-likeness (QED) is 0.869. The van der Waals surface area contributed by atoms with Crippen LogP contribution in [0.25, 0.3) is 10.1 Å². The highest BCUT2D eigenvalue weighted by Crippen LogP contribution is 2.34. The number of nitrogens with zero attached hydrogens (tertiary/aromatic N) is 1. The first-order valence-electron chi connectivity index (χ1n) is 6.76. The summed E-state index contributed by atoms with van der Waals surface area (Å²) in [5, 5.41) is 3.99. The van der Waals surface area contributed by atoms with Crippen LogP contribution in [0, 0.1) is 5.82 Å². The Morgan fingerprint density at radius 3 is 2.63 bits per heavy atom. The normalized spacial score (nSPS) is 11.6. The lowest BCUT2D eigenvalue weighted by atomic mass is 10.1. The van der Waals surface area contributed by atoms with Gasteiger partial charge in [0, 0.05) is 28.1 Å². The number of hydrogen-bond acceptors (Lipinski definition) is 3. The van der Waals surface area contributed by atoms with Crippen LogP contribution in [0.2, 0.25) is 0 Å². The molecule has 2 rings (SSSR count). The van der Waals surface area contributed by atoms with Gasteiger partial charge in [0.15, 0.2) is 0 Å². The lowest BCUT2D eigenvalue weighted by molar-refractivity contribution is 0.296. The molecule has 2 aromatic rings. The second-order valence-corrected chi connectivity index (χ2v) is 5.75. The summed E-state index contributed by atoms with van der Waals surface area (Å²) in [7, 11) is 1.93. The van der Waals surface area contributed by atoms with E-state index in [1.54, 1.807) is 23.5 Å². The number of halogens is 1. The van der Waals surface area contributed by atoms with E-state index < -0.39 is 0 Å². The van der Waals surface area contributed by atoms with Gasteiger partial charge in [-0.25, -0.2) is 4.39 Å². The fourth-order valence-corrected chi connectivity index (χ4v) is 3.60. The first-order chi connectivity index (χ1) is 9.21. The Labute approximate surface area is 118 Å². The molecule has 0 atom stereocenters. The van der Waals surface area contributed by atoms with Gasteiger partial charge in [-0.1, -0.05) is 19.9 Å². The third kappa shape index (κ3) is 2.96. The smallest absolute Gasteiger partial charge is 0.132 e. The lowest BCUT2D eigenvalue weighted by Gasteiger charge is -2.18. The van der Waals surface area contributed by atoms with Gasteiger partial charge in [0.2, 0.25) is 0 Å². The molecule has 4 heteroatoms. The van der Waals surface area contributed by atoms with Gasteiger partial charge in [-0.2, -0.15) is 0 Å². The van der Waals surface area contributed by atoms with Crippen molar-refractivity contribution in [2.75, 3.05) is 20.1 Å². The molecule has 0 aliphatic rings. The summed E-state index contributed by atoms with van der Waals surface area (Å²) < 4.78 is 15.2. The van der Waals surface area contributed by atoms with Gasteiger partial charge >= 0.3 is 0 Å². The van der Waals surface area contributed by atoms with Crippen LogP contribution in [-0.2, 0) is 13.1 Å². The predicted octanol–water partition coefficient (Wildman–Crippen LogP) is 3.60. The van der Waals surface area contributed by atoms with Crippen molar-refractivity contribution in [2.24, 2.45) is 0 Å². The van der Waals surface area contributed by atoms with Crippen LogP contribution >= 0.6 is 11.3 Å². The lowest BCUT2D eigenvalue weighted by Crippen LogP contribution is -2.23. The number of nitrogens with one attached hydrogen (secondary N) is 1. The largest absolute Gasteiger partial charge is 0.315 e. The summed E-state index contributed by atoms with van der Waals surface area (Å²) in [6, 6.07) is 5.36. The fraction of sp³-hybridized carbons (Fsp3) is 0.467. The molecule has 0 aliphatic carbocycles. The number of benzene rings is 1. The molecule has 0 fully saturated rings. The van der Waals surface area contributed by atoms with Crippen LogP contribution < -0.4 is 5.32 Å². The minimum Gasteiger partial charge on any atom is -0.315 e. The average Bonchev–Trinajstić information content (AvgIpc) is 2.75. The molecule has 1 aromatic heterocycles. The highest BCUT2D eigenvalue weighted by molar-refractivity contribution is 7.19. The molecule has 19 heavy (non-hydrogen) atoms. The molecule has 1 heterocycles. The van der Waals surface area contributed by atoms with Crippen molar-refractivity contribution in [3.63, 3.8) is 0 Å². The summed E-state index contributed by atoms with van der Waals surface area (Å²) in [6.45, 7) is 7.89. The Morgan fingerprint density at radius 1 is 1.26 bits per heavy atom. The molecule has 0 saturated carbocycles. The van der Waals surface area contributed by atoms with Crippen LogP contribution in [0.5, 0.6) is 0 Å². The van der Waals surface area contributed by atoms with Crippen LogP contribution in [0.3, 0.4) is 0 Å². The standard InChI is InChI=1S/C15H21FN2S/c1-4-18(5-2)10-11-14(9-17-3)19-13-8-6-7-12(16)15(11)13/h6-8,17H,4-5,9-10H2,1-3H3. The predicted molar refractivity (Wildman–Crippen MR) is 81.2 cm³/mol. The van der Waals surface area contributed by atoms with E-state index in [0.29, 0.717) is 0 Å². The van der Waals surface area contributed by atoms with Gasteiger partial charge in [-0.05, 0) is 37.8 Å². The molecule has 0 saturated heterocycles. The van der Waals surface area contributed by atoms with Gasteiger partial charge in [0.25, 0.3) is 0 Å². The third-order valence-corrected chi connectivity index (χ3v) is 4.66. The van der Waals surface area contributed by atoms with Crippen LogP contribution in [0.15, 0.2) is 18.2 Å². The Bertz CT molecular complexity index is 546. The SMILES string of the molecule is CCN(CC)Cc1c(CNC)sc2cccc(F)c12. The number of fused-ring (bicyclic) bond motifs is 1. The first-order valence-corrected chi connectivity index (χ1v) is 7.58. The van der Waals surface area contributed by atoms with E-state index in [2.05, 4.69) is 24.1 Å². The van der Waals surface area contributed by atoms with Crippen LogP contribution in [0.4, 0.5) is 4.39 Å². The molecular formula is C15H21FN2S. The molecule has 0 unspecified atom stereocenters. The summed E-state index contributed by atoms with van der Waals surface area (Å²) in [5.74, 6) is -0.0988. The van der Waals surface area contributed by atoms with E-state index in [1.165, 1.54) is 4.88 Å². The second kappa shape index (κ2) is 6.46. The maximum Gasteiger partial charge on any atom is 0.132 e. The molecule has 0 aliphatic heterocycles. The van der Waals surface area contributed by atoms with Crippen molar-refractivity contribution < 1.29 is 4.39 Å². The summed E-state index contributed by atoms with van der Waals surface area (Å²) in [6.07, 6.45) is 0. The van der Waals surface area contributed by atoms with E-state index in [4.69, 9.17) is 0 Å². The summed E-state index contributed by atoms with van der Waals surface area (Å²) in [5.41, 5.74) is 1.15. The minimum absolute atomic E-state index is 0.0988. The first kappa shape index (κ1) is 14.4. The van der Waals surface area contributed by atoms with Gasteiger partial charge < -0.3 is 5.32 Å². The molecule has 2 nitrogen and oxygen atoms in total. The van der Waals surface area contributed by atoms with Gasteiger partial charge in [-0.3, -0.25) is 4.90 Å². The zero-order valence-corrected chi connectivity index (χ0v) is 12.6. The highest BCUT2D eigenvalue weighted by Gasteiger charge is 2.16. The molecule has 1 N–H and O–H groups in total. The zero-order valence-electron chi connectivity index (χ0n) is 11.8. The Morgan fingerprint density at radius 2 is 2.00 bits per heavy atom. The Balaban J connectivity index is 2.50. The van der Waals surface area contributed by atoms with E-state index in [0.717, 1.165) is 41.8 Å². The third-order valence-electron chi connectivity index (χ3n) is 3.46. The monoisotopic (exact) mass is 280 g/mol. The molecule has 1 aromatic carbocycles. The Hall–Kier alpha value is -0.970. The van der Waals surface area contributed by atoms with Crippen molar-refractivity contribution in [3.05, 3.63) is 34.5 Å². The van der Waals surface area contributed by atoms with Crippen molar-refractivity contribution in [1.82, 2.24) is 10.2 Å². The van der Waals surface area contributed by atoms with E-state index in [-0.39, 0.29) is 5.82 Å². The van der Waals surface area contributed by atoms with Crippen molar-refractivity contribution in [1.29, 1.82) is 0 Å². The number of hydrogen-bond donors (Lipinski definition) is 1. The van der Waals surface area contributed by atoms with E-state index in [1.807, 2.05) is 13.1 Å². The molecule has 104 valence electrons. The van der Waals surface area contributed by atoms with Gasteiger partial charge in [0.05, 0.1) is 0 Å². The van der Waals surface area contributed by atoms with Crippen molar-refractivity contribution in [2.45, 2.75) is 26.9 Å². The van der Waals surface area contributed by atoms with E-state index >= 15 is 0 Å². The van der Waals surface area contributed by atoms with Crippen LogP contribution in [0.1, 0.15) is 24.3 Å². The highest BCUT2D eigenvalue weighted by atomic mass is 32.1. The van der Waals surface area contributed by atoms with Gasteiger partial charge in [0.1, 0.15) is 5.82 Å². The summed E-state index contributed by atoms with van der Waals surface area (Å²) >= 11 is 1.70. The number of thiophene rings is 1. The molecule has 0 spiro atoms. The maximum atomic E-state index is 14.1. The van der Waals surface area contributed by atoms with Crippen molar-refractivity contribution >= 4 is 21.4 Å². The maximum absolute atomic E-state index is 14.1. The van der Waals surface area contributed by atoms with Gasteiger partial charge in [-0.15, -0.1) is 11.3 Å². The minimum atomic E-state index is -0.0988. The molecular weight excluding hydrogens is 259 g/mol. The molecule has 0 radical (unpaired) electrons. The topological polar surface area (TPSA) is 15.3 Å². The number of rotatable bonds is 6. The molecule has 0 amide bonds. The fourth-order valence-electron chi connectivity index (χ4n) is 2.36. The van der Waals surface area contributed by atoms with Crippen LogP contribution in [-0.4, -0.2) is 25.0 Å².